The number of nitrogens with zero attached hydrogens (tertiary/aromatic N) is 9. The summed E-state index contributed by atoms with van der Waals surface area (Å²) in [6.45, 7) is 9.95. The van der Waals surface area contributed by atoms with Gasteiger partial charge in [0.2, 0.25) is 11.8 Å². The molecular weight excluding hydrogens is 739 g/mol. The molecule has 4 heterocycles. The van der Waals surface area contributed by atoms with E-state index in [2.05, 4.69) is 48.3 Å². The summed E-state index contributed by atoms with van der Waals surface area (Å²) in [5.41, 5.74) is 20.1. The normalized spacial score (nSPS) is 16.2. The smallest absolute Gasteiger partial charge is 0.304 e. The number of carboxylic acids is 1. The van der Waals surface area contributed by atoms with Crippen LogP contribution in [0.3, 0.4) is 0 Å². The summed E-state index contributed by atoms with van der Waals surface area (Å²) in [4.78, 5) is 51.6. The lowest BCUT2D eigenvalue weighted by atomic mass is 9.93. The first-order valence-corrected chi connectivity index (χ1v) is 20.7. The molecule has 4 N–H and O–H groups in total. The van der Waals surface area contributed by atoms with Crippen LogP contribution in [0.1, 0.15) is 92.8 Å². The van der Waals surface area contributed by atoms with Gasteiger partial charge in [0.1, 0.15) is 0 Å². The minimum Gasteiger partial charge on any atom is -0.493 e. The van der Waals surface area contributed by atoms with Crippen LogP contribution in [0.5, 0.6) is 5.75 Å². The van der Waals surface area contributed by atoms with E-state index in [-0.39, 0.29) is 24.2 Å². The summed E-state index contributed by atoms with van der Waals surface area (Å²) < 4.78 is 7.18. The number of carbonyl (C=O) groups excluding carboxylic acids is 2. The predicted molar refractivity (Wildman–Crippen MR) is 224 cm³/mol. The minimum atomic E-state index is -0.832. The van der Waals surface area contributed by atoms with Gasteiger partial charge in [0.05, 0.1) is 24.9 Å². The number of hydrogen-bond acceptors (Lipinski definition) is 10. The molecule has 16 heteroatoms. The van der Waals surface area contributed by atoms with Crippen molar-refractivity contribution in [2.45, 2.75) is 90.4 Å². The lowest BCUT2D eigenvalue weighted by Crippen LogP contribution is -2.48. The number of unbranched alkanes of at least 4 members (excludes halogenated alkanes) is 3. The summed E-state index contributed by atoms with van der Waals surface area (Å²) in [5.74, 6) is 0.410. The number of piperazine rings is 1. The Kier molecular flexibility index (Phi) is 16.6. The fourth-order valence-electron chi connectivity index (χ4n) is 8.14. The van der Waals surface area contributed by atoms with Crippen LogP contribution in [-0.4, -0.2) is 113 Å². The third kappa shape index (κ3) is 13.1. The number of carboxylic acid groups (broad SMARTS) is 1. The highest BCUT2D eigenvalue weighted by atomic mass is 16.5. The first kappa shape index (κ1) is 43.8. The van der Waals surface area contributed by atoms with Gasteiger partial charge in [-0.3, -0.25) is 14.4 Å². The van der Waals surface area contributed by atoms with E-state index in [9.17, 15) is 19.5 Å². The van der Waals surface area contributed by atoms with E-state index in [1.807, 2.05) is 41.6 Å². The zero-order chi connectivity index (χ0) is 41.4. The highest BCUT2D eigenvalue weighted by Crippen LogP contribution is 2.32. The fraction of sp³-hybridized carbons (Fsp3) is 0.595. The third-order valence-corrected chi connectivity index (χ3v) is 11.3. The van der Waals surface area contributed by atoms with Crippen LogP contribution in [-0.2, 0) is 20.8 Å². The second kappa shape index (κ2) is 22.0. The topological polar surface area (TPSA) is 208 Å². The molecule has 5 rings (SSSR count). The number of methoxy groups -OCH3 is 1. The molecule has 2 amide bonds. The number of ether oxygens (including phenoxy) is 1. The molecule has 314 valence electrons. The van der Waals surface area contributed by atoms with Gasteiger partial charge in [0.15, 0.2) is 11.6 Å². The maximum atomic E-state index is 13.2. The average molecular weight is 800 g/mol. The Balaban J connectivity index is 1.17. The molecule has 2 atom stereocenters. The summed E-state index contributed by atoms with van der Waals surface area (Å²) in [5, 5.41) is 21.4. The zero-order valence-electron chi connectivity index (χ0n) is 34.4. The summed E-state index contributed by atoms with van der Waals surface area (Å²) >= 11 is 0. The number of carbonyl (C=O) groups is 3. The zero-order valence-corrected chi connectivity index (χ0v) is 34.4. The Labute approximate surface area is 341 Å². The van der Waals surface area contributed by atoms with Gasteiger partial charge in [-0.25, -0.2) is 9.67 Å². The monoisotopic (exact) mass is 799 g/mol. The van der Waals surface area contributed by atoms with Crippen LogP contribution in [0.15, 0.2) is 41.5 Å². The first-order valence-electron chi connectivity index (χ1n) is 20.7. The van der Waals surface area contributed by atoms with E-state index in [4.69, 9.17) is 21.1 Å². The van der Waals surface area contributed by atoms with Gasteiger partial charge in [0, 0.05) is 93.1 Å². The number of anilines is 2. The molecule has 2 aromatic heterocycles. The number of aromatic nitrogens is 3. The van der Waals surface area contributed by atoms with Crippen LogP contribution >= 0.6 is 0 Å². The molecule has 0 saturated carbocycles. The molecule has 16 nitrogen and oxygen atoms in total. The standard InChI is InChI=1S/C42H61N11O5/c1-30-23-31(2)53(48-30)37-25-33(34(26-41(56)57)29-50-18-15-32(28-50)11-12-35-13-14-38(58-3)42(43)47-35)24-36(27-37)51-19-21-52(22-20-51)40(55)10-8-9-39(54)45-16-6-4-5-7-17-46-49-44/h13-14,23-25,27,32,34H,4-12,15-22,26,28-29H2,1-3H3,(H2,43,47)(H,45,54)(H,56,57)/t32-,34-/m1/s1. The highest BCUT2D eigenvalue weighted by Gasteiger charge is 2.28. The second-order valence-corrected chi connectivity index (χ2v) is 15.7. The number of nitrogens with two attached hydrogens (primary N) is 1. The van der Waals surface area contributed by atoms with Gasteiger partial charge in [0.25, 0.3) is 0 Å². The van der Waals surface area contributed by atoms with Crippen LogP contribution in [0, 0.1) is 19.8 Å². The Morgan fingerprint density at radius 1 is 1.02 bits per heavy atom. The van der Waals surface area contributed by atoms with Gasteiger partial charge in [-0.2, -0.15) is 5.10 Å². The molecule has 0 unspecified atom stereocenters. The van der Waals surface area contributed by atoms with E-state index in [0.29, 0.717) is 82.6 Å². The molecule has 2 aliphatic rings. The van der Waals surface area contributed by atoms with E-state index in [1.165, 1.54) is 0 Å². The van der Waals surface area contributed by atoms with Gasteiger partial charge < -0.3 is 35.6 Å². The number of rotatable bonds is 22. The average Bonchev–Trinajstić information content (AvgIpc) is 3.81. The van der Waals surface area contributed by atoms with Crippen LogP contribution in [0.4, 0.5) is 11.5 Å². The van der Waals surface area contributed by atoms with Crippen molar-refractivity contribution >= 4 is 29.3 Å². The molecule has 0 radical (unpaired) electrons. The van der Waals surface area contributed by atoms with Gasteiger partial charge in [-0.05, 0) is 112 Å². The molecule has 0 spiro atoms. The summed E-state index contributed by atoms with van der Waals surface area (Å²) in [6.07, 6.45) is 7.64. The van der Waals surface area contributed by atoms with E-state index < -0.39 is 5.97 Å². The Morgan fingerprint density at radius 2 is 1.79 bits per heavy atom. The maximum absolute atomic E-state index is 13.2. The Bertz CT molecular complexity index is 1890. The number of aryl methyl sites for hydroxylation is 3. The third-order valence-electron chi connectivity index (χ3n) is 11.3. The molecule has 2 fully saturated rings. The number of hydrogen-bond donors (Lipinski definition) is 3. The number of pyridine rings is 1. The first-order chi connectivity index (χ1) is 28.0. The number of nitrogen functional groups attached to an aromatic ring is 1. The quantitative estimate of drug-likeness (QED) is 0.0482. The van der Waals surface area contributed by atoms with Crippen LogP contribution < -0.4 is 20.7 Å². The van der Waals surface area contributed by atoms with Crippen molar-refractivity contribution in [1.82, 2.24) is 29.9 Å². The molecule has 0 bridgehead atoms. The Hall–Kier alpha value is -5.34. The van der Waals surface area contributed by atoms with Crippen molar-refractivity contribution < 1.29 is 24.2 Å². The number of azide groups is 1. The fourth-order valence-corrected chi connectivity index (χ4v) is 8.14. The van der Waals surface area contributed by atoms with Crippen LogP contribution in [0.2, 0.25) is 0 Å². The minimum absolute atomic E-state index is 0.0106. The number of nitrogens with one attached hydrogen (secondary N) is 1. The number of amides is 2. The van der Waals surface area contributed by atoms with Crippen molar-refractivity contribution in [2.24, 2.45) is 11.0 Å². The summed E-state index contributed by atoms with van der Waals surface area (Å²) in [6, 6.07) is 12.2. The lowest BCUT2D eigenvalue weighted by molar-refractivity contribution is -0.137. The van der Waals surface area contributed by atoms with Gasteiger partial charge in [-0.1, -0.05) is 18.0 Å². The van der Waals surface area contributed by atoms with Crippen molar-refractivity contribution in [3.05, 3.63) is 69.5 Å². The number of aliphatic carboxylic acids is 1. The van der Waals surface area contributed by atoms with Gasteiger partial charge >= 0.3 is 5.97 Å². The van der Waals surface area contributed by atoms with Crippen LogP contribution in [0.25, 0.3) is 16.1 Å². The molecule has 58 heavy (non-hydrogen) atoms. The largest absolute Gasteiger partial charge is 0.493 e. The number of benzene rings is 1. The molecule has 2 saturated heterocycles. The Morgan fingerprint density at radius 3 is 2.50 bits per heavy atom. The maximum Gasteiger partial charge on any atom is 0.304 e. The lowest BCUT2D eigenvalue weighted by Gasteiger charge is -2.37. The van der Waals surface area contributed by atoms with E-state index in [0.717, 1.165) is 92.1 Å². The van der Waals surface area contributed by atoms with E-state index >= 15 is 0 Å². The van der Waals surface area contributed by atoms with Gasteiger partial charge in [-0.15, -0.1) is 0 Å². The van der Waals surface area contributed by atoms with Crippen molar-refractivity contribution in [3.8, 4) is 11.4 Å². The van der Waals surface area contributed by atoms with E-state index in [1.54, 1.807) is 7.11 Å². The van der Waals surface area contributed by atoms with Crippen molar-refractivity contribution in [2.75, 3.05) is 76.6 Å². The predicted octanol–water partition coefficient (Wildman–Crippen LogP) is 5.79. The molecular formula is C42H61N11O5. The molecule has 2 aliphatic heterocycles. The highest BCUT2D eigenvalue weighted by molar-refractivity contribution is 5.79. The summed E-state index contributed by atoms with van der Waals surface area (Å²) in [7, 11) is 1.58. The second-order valence-electron chi connectivity index (χ2n) is 15.7. The molecule has 1 aromatic carbocycles. The SMILES string of the molecule is COc1ccc(CC[C@@H]2CCN(C[C@@H](CC(=O)O)c3cc(N4CCN(C(=O)CCCC(=O)NCCCCCCN=[N+]=[N-])CC4)cc(-n4nc(C)cc4C)c3)C2)nc1N. The molecule has 0 aliphatic carbocycles. The van der Waals surface area contributed by atoms with Crippen molar-refractivity contribution in [1.29, 1.82) is 0 Å². The number of likely N-dealkylation sites (tertiary alicyclic amines) is 1. The van der Waals surface area contributed by atoms with Crippen molar-refractivity contribution in [3.63, 3.8) is 0 Å². The molecule has 3 aromatic rings.